The van der Waals surface area contributed by atoms with Crippen LogP contribution in [0.2, 0.25) is 0 Å². The second-order valence-corrected chi connectivity index (χ2v) is 3.00. The summed E-state index contributed by atoms with van der Waals surface area (Å²) in [5.41, 5.74) is 0. The average molecular weight is 204 g/mol. The molecule has 0 amide bonds. The summed E-state index contributed by atoms with van der Waals surface area (Å²) in [4.78, 5) is 20.2. The maximum absolute atomic E-state index is 10.1. The molecule has 0 spiro atoms. The van der Waals surface area contributed by atoms with Crippen LogP contribution >= 0.6 is 8.38 Å². The summed E-state index contributed by atoms with van der Waals surface area (Å²) in [5.74, 6) is 0.721. The van der Waals surface area contributed by atoms with Gasteiger partial charge in [0.15, 0.2) is 0 Å². The Balaban J connectivity index is 0. The molecule has 12 heavy (non-hydrogen) atoms. The van der Waals surface area contributed by atoms with Crippen molar-refractivity contribution in [1.29, 1.82) is 0 Å². The third kappa shape index (κ3) is 7.07. The van der Waals surface area contributed by atoms with E-state index in [1.165, 1.54) is 6.26 Å². The van der Waals surface area contributed by atoms with Gasteiger partial charge in [0.05, 0.1) is 6.26 Å². The van der Waals surface area contributed by atoms with Crippen LogP contribution in [0.1, 0.15) is 5.76 Å². The Morgan fingerprint density at radius 1 is 1.33 bits per heavy atom. The summed E-state index contributed by atoms with van der Waals surface area (Å²) >= 11 is 0. The maximum atomic E-state index is 10.1. The summed E-state index contributed by atoms with van der Waals surface area (Å²) < 4.78 is 4.92. The van der Waals surface area contributed by atoms with E-state index in [1.54, 1.807) is 12.1 Å². The van der Waals surface area contributed by atoms with Crippen LogP contribution < -0.4 is 68.9 Å². The number of aryl methyl sites for hydroxylation is 1. The van der Waals surface area contributed by atoms with Crippen molar-refractivity contribution in [3.8, 4) is 0 Å². The zero-order chi connectivity index (χ0) is 7.40. The van der Waals surface area contributed by atoms with Crippen molar-refractivity contribution < 1.29 is 73.3 Å². The first-order valence-corrected chi connectivity index (χ1v) is 4.29. The first-order chi connectivity index (χ1) is 4.79. The molecule has 0 unspecified atom stereocenters. The minimum Gasteiger partial charge on any atom is -0.842 e. The van der Waals surface area contributed by atoms with Crippen molar-refractivity contribution in [3.05, 3.63) is 24.2 Å². The van der Waals surface area contributed by atoms with E-state index in [1.807, 2.05) is 0 Å². The Morgan fingerprint density at radius 2 is 2.00 bits per heavy atom. The number of rotatable bonds is 3. The molecule has 1 heterocycles. The molecule has 0 atom stereocenters. The van der Waals surface area contributed by atoms with E-state index < -0.39 is 8.38 Å². The zero-order valence-corrected chi connectivity index (χ0v) is 12.2. The molecule has 1 aromatic heterocycles. The van der Waals surface area contributed by atoms with Crippen LogP contribution in [0.4, 0.5) is 0 Å². The van der Waals surface area contributed by atoms with Crippen molar-refractivity contribution in [1.82, 2.24) is 0 Å². The Hall–Kier alpha value is 1.63. The van der Waals surface area contributed by atoms with Gasteiger partial charge in [-0.1, -0.05) is 6.16 Å². The quantitative estimate of drug-likeness (QED) is 0.363. The zero-order valence-electron chi connectivity index (χ0n) is 7.32. The van der Waals surface area contributed by atoms with Gasteiger partial charge in [0.2, 0.25) is 0 Å². The fraction of sp³-hybridized carbons (Fsp3) is 0.333. The molecule has 0 bridgehead atoms. The molecule has 0 radical (unpaired) electrons. The first kappa shape index (κ1) is 16.1. The third-order valence-electron chi connectivity index (χ3n) is 1.12. The molecular formula is C6H7Na2O3P. The Morgan fingerprint density at radius 3 is 2.42 bits per heavy atom. The predicted molar refractivity (Wildman–Crippen MR) is 34.2 cm³/mol. The van der Waals surface area contributed by atoms with E-state index in [-0.39, 0.29) is 65.3 Å². The molecule has 0 aliphatic carbocycles. The Kier molecular flexibility index (Phi) is 12.3. The molecule has 56 valence electrons. The van der Waals surface area contributed by atoms with Gasteiger partial charge in [0, 0.05) is 6.42 Å². The van der Waals surface area contributed by atoms with Crippen LogP contribution in [-0.2, 0) is 6.42 Å². The SMILES string of the molecule is [Na+].[Na+].[O-]P([O-])CCc1ccco1. The molecule has 3 nitrogen and oxygen atoms in total. The van der Waals surface area contributed by atoms with Gasteiger partial charge in [0.1, 0.15) is 5.76 Å². The molecule has 0 N–H and O–H groups in total. The summed E-state index contributed by atoms with van der Waals surface area (Å²) in [6.07, 6.45) is 2.18. The Bertz CT molecular complexity index is 179. The molecule has 1 rings (SSSR count). The monoisotopic (exact) mass is 204 g/mol. The number of furan rings is 1. The molecule has 0 saturated carbocycles. The van der Waals surface area contributed by atoms with Gasteiger partial charge in [-0.3, -0.25) is 0 Å². The summed E-state index contributed by atoms with van der Waals surface area (Å²) in [6.45, 7) is 0. The minimum atomic E-state index is -2.27. The summed E-state index contributed by atoms with van der Waals surface area (Å²) in [6, 6.07) is 3.51. The largest absolute Gasteiger partial charge is 1.00 e. The van der Waals surface area contributed by atoms with Gasteiger partial charge in [-0.2, -0.15) is 0 Å². The van der Waals surface area contributed by atoms with Gasteiger partial charge in [-0.05, 0) is 12.1 Å². The number of hydrogen-bond acceptors (Lipinski definition) is 3. The first-order valence-electron chi connectivity index (χ1n) is 2.93. The standard InChI is InChI=1S/C6H7O3P.2Na/c7-10(8)5-3-6-2-1-4-9-6;;/h1-2,4H,3,5H2;;/q-2;2*+1. The fourth-order valence-electron chi connectivity index (χ4n) is 0.656. The molecule has 0 saturated heterocycles. The van der Waals surface area contributed by atoms with Gasteiger partial charge in [0.25, 0.3) is 0 Å². The van der Waals surface area contributed by atoms with Crippen LogP contribution in [0.5, 0.6) is 0 Å². The van der Waals surface area contributed by atoms with Crippen LogP contribution in [0, 0.1) is 0 Å². The second kappa shape index (κ2) is 9.20. The van der Waals surface area contributed by atoms with E-state index >= 15 is 0 Å². The van der Waals surface area contributed by atoms with Crippen LogP contribution in [-0.4, -0.2) is 6.16 Å². The fourth-order valence-corrected chi connectivity index (χ4v) is 1.06. The van der Waals surface area contributed by atoms with Crippen LogP contribution in [0.3, 0.4) is 0 Å². The van der Waals surface area contributed by atoms with Crippen molar-refractivity contribution in [2.75, 3.05) is 6.16 Å². The molecular weight excluding hydrogens is 197 g/mol. The van der Waals surface area contributed by atoms with Gasteiger partial charge >= 0.3 is 59.1 Å². The topological polar surface area (TPSA) is 59.3 Å². The van der Waals surface area contributed by atoms with Crippen LogP contribution in [0.15, 0.2) is 22.8 Å². The molecule has 6 heteroatoms. The number of hydrogen-bond donors (Lipinski definition) is 0. The van der Waals surface area contributed by atoms with Gasteiger partial charge in [-0.25, -0.2) is 0 Å². The van der Waals surface area contributed by atoms with Crippen molar-refractivity contribution in [3.63, 3.8) is 0 Å². The van der Waals surface area contributed by atoms with Crippen molar-refractivity contribution >= 4 is 8.38 Å². The van der Waals surface area contributed by atoms with E-state index in [4.69, 9.17) is 4.42 Å². The molecule has 0 aliphatic heterocycles. The average Bonchev–Trinajstić information content (AvgIpc) is 2.34. The smallest absolute Gasteiger partial charge is 0.842 e. The third-order valence-corrected chi connectivity index (χ3v) is 1.71. The normalized spacial score (nSPS) is 8.92. The van der Waals surface area contributed by atoms with E-state index in [9.17, 15) is 9.79 Å². The minimum absolute atomic E-state index is 0. The predicted octanol–water partition coefficient (Wildman–Crippen LogP) is -6.14. The van der Waals surface area contributed by atoms with Crippen molar-refractivity contribution in [2.45, 2.75) is 6.42 Å². The summed E-state index contributed by atoms with van der Waals surface area (Å²) in [7, 11) is -2.27. The molecule has 0 fully saturated rings. The molecule has 1 aromatic rings. The van der Waals surface area contributed by atoms with E-state index in [0.29, 0.717) is 6.42 Å². The van der Waals surface area contributed by atoms with Gasteiger partial charge in [-0.15, -0.1) is 0 Å². The Labute approximate surface area is 117 Å². The van der Waals surface area contributed by atoms with E-state index in [0.717, 1.165) is 5.76 Å². The molecule has 0 aliphatic rings. The van der Waals surface area contributed by atoms with Crippen molar-refractivity contribution in [2.24, 2.45) is 0 Å². The van der Waals surface area contributed by atoms with E-state index in [2.05, 4.69) is 0 Å². The van der Waals surface area contributed by atoms with Gasteiger partial charge < -0.3 is 22.6 Å². The maximum Gasteiger partial charge on any atom is 1.00 e. The molecule has 0 aromatic carbocycles. The second-order valence-electron chi connectivity index (χ2n) is 1.89. The summed E-state index contributed by atoms with van der Waals surface area (Å²) in [5, 5.41) is 0. The van der Waals surface area contributed by atoms with Crippen LogP contribution in [0.25, 0.3) is 0 Å².